The first-order valence-corrected chi connectivity index (χ1v) is 7.99. The van der Waals surface area contributed by atoms with Gasteiger partial charge in [0.25, 0.3) is 5.91 Å². The van der Waals surface area contributed by atoms with Gasteiger partial charge in [-0.05, 0) is 46.2 Å². The van der Waals surface area contributed by atoms with E-state index in [2.05, 4.69) is 33.2 Å². The summed E-state index contributed by atoms with van der Waals surface area (Å²) in [5, 5.41) is 7.39. The molecule has 0 bridgehead atoms. The Labute approximate surface area is 134 Å². The third-order valence-electron chi connectivity index (χ3n) is 2.53. The highest BCUT2D eigenvalue weighted by Crippen LogP contribution is 2.16. The van der Waals surface area contributed by atoms with Crippen molar-refractivity contribution in [3.05, 3.63) is 50.2 Å². The number of anilines is 1. The zero-order valence-corrected chi connectivity index (χ0v) is 13.5. The van der Waals surface area contributed by atoms with Gasteiger partial charge in [0.2, 0.25) is 5.91 Å². The second kappa shape index (κ2) is 7.39. The predicted molar refractivity (Wildman–Crippen MR) is 89.1 cm³/mol. The van der Waals surface area contributed by atoms with E-state index in [1.807, 2.05) is 35.7 Å². The molecule has 0 saturated carbocycles. The lowest BCUT2D eigenvalue weighted by molar-refractivity contribution is -0.116. The van der Waals surface area contributed by atoms with Crippen LogP contribution in [0.2, 0.25) is 0 Å². The summed E-state index contributed by atoms with van der Waals surface area (Å²) in [5.74, 6) is -0.248. The number of thiophene rings is 1. The van der Waals surface area contributed by atoms with E-state index in [-0.39, 0.29) is 18.2 Å². The van der Waals surface area contributed by atoms with Crippen molar-refractivity contribution in [3.63, 3.8) is 0 Å². The lowest BCUT2D eigenvalue weighted by atomic mass is 10.3. The van der Waals surface area contributed by atoms with Gasteiger partial charge in [-0.25, -0.2) is 0 Å². The maximum Gasteiger partial charge on any atom is 0.261 e. The van der Waals surface area contributed by atoms with E-state index in [0.717, 1.165) is 9.26 Å². The van der Waals surface area contributed by atoms with Crippen LogP contribution in [0.15, 0.2) is 41.8 Å². The minimum Gasteiger partial charge on any atom is -0.351 e. The average molecular weight is 400 g/mol. The van der Waals surface area contributed by atoms with Crippen LogP contribution >= 0.6 is 33.9 Å². The summed E-state index contributed by atoms with van der Waals surface area (Å²) in [6, 6.07) is 11.1. The van der Waals surface area contributed by atoms with Crippen molar-refractivity contribution in [1.82, 2.24) is 5.32 Å². The van der Waals surface area contributed by atoms with Crippen LogP contribution in [0.4, 0.5) is 5.69 Å². The number of amides is 2. The molecule has 0 fully saturated rings. The minimum absolute atomic E-state index is 0.111. The Morgan fingerprint density at radius 3 is 2.65 bits per heavy atom. The monoisotopic (exact) mass is 400 g/mol. The van der Waals surface area contributed by atoms with Crippen molar-refractivity contribution in [1.29, 1.82) is 0 Å². The van der Waals surface area contributed by atoms with Gasteiger partial charge >= 0.3 is 0 Å². The molecule has 104 valence electrons. The highest BCUT2D eigenvalue weighted by Gasteiger charge is 2.08. The van der Waals surface area contributed by atoms with Gasteiger partial charge in [0.15, 0.2) is 0 Å². The molecule has 2 amide bonds. The molecule has 0 aliphatic heterocycles. The fourth-order valence-corrected chi connectivity index (χ4v) is 2.72. The van der Waals surface area contributed by atoms with E-state index < -0.39 is 0 Å². The van der Waals surface area contributed by atoms with Gasteiger partial charge in [-0.15, -0.1) is 11.3 Å². The fraction of sp³-hybridized carbons (Fsp3) is 0.143. The highest BCUT2D eigenvalue weighted by molar-refractivity contribution is 14.1. The van der Waals surface area contributed by atoms with Gasteiger partial charge in [0, 0.05) is 16.5 Å². The van der Waals surface area contributed by atoms with Crippen LogP contribution in [0.25, 0.3) is 0 Å². The molecule has 0 unspecified atom stereocenters. The quantitative estimate of drug-likeness (QED) is 0.758. The van der Waals surface area contributed by atoms with Crippen LogP contribution in [-0.2, 0) is 4.79 Å². The molecule has 0 aliphatic rings. The summed E-state index contributed by atoms with van der Waals surface area (Å²) >= 11 is 3.55. The van der Waals surface area contributed by atoms with Crippen molar-refractivity contribution in [3.8, 4) is 0 Å². The SMILES string of the molecule is O=C(CCNC(=O)c1cccs1)Nc1ccccc1I. The molecule has 4 nitrogen and oxygen atoms in total. The number of nitrogens with one attached hydrogen (secondary N) is 2. The van der Waals surface area contributed by atoms with E-state index in [0.29, 0.717) is 11.4 Å². The van der Waals surface area contributed by atoms with E-state index in [4.69, 9.17) is 0 Å². The number of carbonyl (C=O) groups excluding carboxylic acids is 2. The lowest BCUT2D eigenvalue weighted by Gasteiger charge is -2.07. The molecule has 0 atom stereocenters. The van der Waals surface area contributed by atoms with Crippen molar-refractivity contribution in [2.75, 3.05) is 11.9 Å². The Hall–Kier alpha value is -1.41. The summed E-state index contributed by atoms with van der Waals surface area (Å²) in [5.41, 5.74) is 0.794. The number of carbonyl (C=O) groups is 2. The molecule has 6 heteroatoms. The zero-order valence-electron chi connectivity index (χ0n) is 10.6. The lowest BCUT2D eigenvalue weighted by Crippen LogP contribution is -2.27. The Morgan fingerprint density at radius 2 is 1.95 bits per heavy atom. The summed E-state index contributed by atoms with van der Waals surface area (Å²) < 4.78 is 0.987. The molecule has 20 heavy (non-hydrogen) atoms. The maximum absolute atomic E-state index is 11.8. The summed E-state index contributed by atoms with van der Waals surface area (Å²) in [6.07, 6.45) is 0.252. The van der Waals surface area contributed by atoms with Gasteiger partial charge in [0.1, 0.15) is 0 Å². The third kappa shape index (κ3) is 4.31. The summed E-state index contributed by atoms with van der Waals surface area (Å²) in [7, 11) is 0. The molecule has 2 aromatic rings. The zero-order chi connectivity index (χ0) is 14.4. The molecule has 2 rings (SSSR count). The van der Waals surface area contributed by atoms with Crippen LogP contribution in [0, 0.1) is 3.57 Å². The summed E-state index contributed by atoms with van der Waals surface area (Å²) in [4.78, 5) is 24.1. The second-order valence-electron chi connectivity index (χ2n) is 4.01. The number of rotatable bonds is 5. The molecule has 1 aromatic heterocycles. The van der Waals surface area contributed by atoms with Crippen LogP contribution in [-0.4, -0.2) is 18.4 Å². The van der Waals surface area contributed by atoms with Crippen molar-refractivity contribution in [2.45, 2.75) is 6.42 Å². The van der Waals surface area contributed by atoms with Gasteiger partial charge < -0.3 is 10.6 Å². The average Bonchev–Trinajstić information content (AvgIpc) is 2.95. The van der Waals surface area contributed by atoms with E-state index in [1.54, 1.807) is 6.07 Å². The van der Waals surface area contributed by atoms with Crippen LogP contribution < -0.4 is 10.6 Å². The molecular formula is C14H13IN2O2S. The molecule has 1 aromatic carbocycles. The van der Waals surface area contributed by atoms with E-state index >= 15 is 0 Å². The van der Waals surface area contributed by atoms with Crippen LogP contribution in [0.1, 0.15) is 16.1 Å². The minimum atomic E-state index is -0.137. The second-order valence-corrected chi connectivity index (χ2v) is 6.12. The number of para-hydroxylation sites is 1. The molecule has 0 spiro atoms. The first-order valence-electron chi connectivity index (χ1n) is 6.03. The first-order chi connectivity index (χ1) is 9.66. The van der Waals surface area contributed by atoms with Gasteiger partial charge in [0.05, 0.1) is 10.6 Å². The molecule has 0 radical (unpaired) electrons. The standard InChI is InChI=1S/C14H13IN2O2S/c15-10-4-1-2-5-11(10)17-13(18)7-8-16-14(19)12-6-3-9-20-12/h1-6,9H,7-8H2,(H,16,19)(H,17,18). The van der Waals surface area contributed by atoms with Gasteiger partial charge in [-0.2, -0.15) is 0 Å². The topological polar surface area (TPSA) is 58.2 Å². The first kappa shape index (κ1) is 15.0. The smallest absolute Gasteiger partial charge is 0.261 e. The number of hydrogen-bond donors (Lipinski definition) is 2. The van der Waals surface area contributed by atoms with Crippen molar-refractivity contribution in [2.24, 2.45) is 0 Å². The maximum atomic E-state index is 11.8. The summed E-state index contributed by atoms with van der Waals surface area (Å²) in [6.45, 7) is 0.325. The molecule has 0 aliphatic carbocycles. The highest BCUT2D eigenvalue weighted by atomic mass is 127. The molecule has 2 N–H and O–H groups in total. The normalized spacial score (nSPS) is 10.1. The fourth-order valence-electron chi connectivity index (χ4n) is 1.56. The number of halogens is 1. The molecule has 1 heterocycles. The Bertz CT molecular complexity index is 599. The Balaban J connectivity index is 1.76. The third-order valence-corrected chi connectivity index (χ3v) is 4.34. The molecular weight excluding hydrogens is 387 g/mol. The van der Waals surface area contributed by atoms with E-state index in [9.17, 15) is 9.59 Å². The van der Waals surface area contributed by atoms with Gasteiger partial charge in [-0.3, -0.25) is 9.59 Å². The van der Waals surface area contributed by atoms with Crippen molar-refractivity contribution < 1.29 is 9.59 Å². The predicted octanol–water partition coefficient (Wildman–Crippen LogP) is 3.11. The van der Waals surface area contributed by atoms with Crippen molar-refractivity contribution >= 4 is 51.4 Å². The van der Waals surface area contributed by atoms with Crippen LogP contribution in [0.5, 0.6) is 0 Å². The Kier molecular flexibility index (Phi) is 5.54. The van der Waals surface area contributed by atoms with Gasteiger partial charge in [-0.1, -0.05) is 18.2 Å². The number of hydrogen-bond acceptors (Lipinski definition) is 3. The molecule has 0 saturated heterocycles. The van der Waals surface area contributed by atoms with Crippen LogP contribution in [0.3, 0.4) is 0 Å². The largest absolute Gasteiger partial charge is 0.351 e. The van der Waals surface area contributed by atoms with E-state index in [1.165, 1.54) is 11.3 Å². The number of benzene rings is 1. The Morgan fingerprint density at radius 1 is 1.15 bits per heavy atom.